The lowest BCUT2D eigenvalue weighted by atomic mass is 9.75. The summed E-state index contributed by atoms with van der Waals surface area (Å²) < 4.78 is 0. The first-order valence-corrected chi connectivity index (χ1v) is 6.30. The third-order valence-electron chi connectivity index (χ3n) is 4.15. The van der Waals surface area contributed by atoms with Gasteiger partial charge in [0, 0.05) is 6.04 Å². The van der Waals surface area contributed by atoms with E-state index >= 15 is 0 Å². The van der Waals surface area contributed by atoms with Crippen LogP contribution in [-0.4, -0.2) is 12.6 Å². The van der Waals surface area contributed by atoms with Crippen LogP contribution in [0.4, 0.5) is 0 Å². The van der Waals surface area contributed by atoms with E-state index < -0.39 is 0 Å². The van der Waals surface area contributed by atoms with Crippen LogP contribution in [0.25, 0.3) is 0 Å². The average molecular weight is 195 g/mol. The molecule has 2 rings (SSSR count). The van der Waals surface area contributed by atoms with Gasteiger partial charge in [-0.05, 0) is 49.5 Å². The predicted molar refractivity (Wildman–Crippen MR) is 61.3 cm³/mol. The van der Waals surface area contributed by atoms with E-state index in [-0.39, 0.29) is 0 Å². The summed E-state index contributed by atoms with van der Waals surface area (Å²) in [5.41, 5.74) is 0.588. The first-order chi connectivity index (χ1) is 6.57. The fourth-order valence-electron chi connectivity index (χ4n) is 2.87. The third kappa shape index (κ3) is 2.73. The summed E-state index contributed by atoms with van der Waals surface area (Å²) in [6, 6.07) is 0.812. The molecule has 14 heavy (non-hydrogen) atoms. The van der Waals surface area contributed by atoms with Crippen LogP contribution in [0.15, 0.2) is 0 Å². The van der Waals surface area contributed by atoms with Crippen molar-refractivity contribution >= 4 is 0 Å². The molecule has 0 radical (unpaired) electrons. The lowest BCUT2D eigenvalue weighted by Gasteiger charge is -2.35. The molecule has 0 aromatic heterocycles. The Morgan fingerprint density at radius 1 is 1.36 bits per heavy atom. The smallest absolute Gasteiger partial charge is 0.00722 e. The Kier molecular flexibility index (Phi) is 2.88. The van der Waals surface area contributed by atoms with Crippen molar-refractivity contribution in [1.82, 2.24) is 5.32 Å². The highest BCUT2D eigenvalue weighted by atomic mass is 14.9. The van der Waals surface area contributed by atoms with E-state index in [0.29, 0.717) is 5.41 Å². The molecule has 3 atom stereocenters. The Balaban J connectivity index is 1.70. The van der Waals surface area contributed by atoms with E-state index in [2.05, 4.69) is 26.1 Å². The van der Waals surface area contributed by atoms with Gasteiger partial charge in [0.15, 0.2) is 0 Å². The monoisotopic (exact) mass is 195 g/mol. The molecule has 0 saturated heterocycles. The molecule has 2 fully saturated rings. The fraction of sp³-hybridized carbons (Fsp3) is 1.00. The van der Waals surface area contributed by atoms with Crippen LogP contribution >= 0.6 is 0 Å². The van der Waals surface area contributed by atoms with Gasteiger partial charge in [0.2, 0.25) is 0 Å². The normalized spacial score (nSPS) is 40.9. The second-order valence-corrected chi connectivity index (χ2v) is 6.34. The van der Waals surface area contributed by atoms with Gasteiger partial charge >= 0.3 is 0 Å². The van der Waals surface area contributed by atoms with E-state index in [1.165, 1.54) is 38.6 Å². The molecule has 3 unspecified atom stereocenters. The zero-order chi connectivity index (χ0) is 10.2. The van der Waals surface area contributed by atoms with Gasteiger partial charge in [0.1, 0.15) is 0 Å². The van der Waals surface area contributed by atoms with Crippen molar-refractivity contribution < 1.29 is 0 Å². The van der Waals surface area contributed by atoms with Crippen LogP contribution in [0.1, 0.15) is 52.9 Å². The molecule has 1 heteroatoms. The van der Waals surface area contributed by atoms with Gasteiger partial charge in [0.05, 0.1) is 0 Å². The van der Waals surface area contributed by atoms with E-state index in [4.69, 9.17) is 0 Å². The molecule has 0 amide bonds. The lowest BCUT2D eigenvalue weighted by molar-refractivity contribution is 0.197. The van der Waals surface area contributed by atoms with Crippen LogP contribution < -0.4 is 5.32 Å². The minimum atomic E-state index is 0.588. The van der Waals surface area contributed by atoms with E-state index in [9.17, 15) is 0 Å². The summed E-state index contributed by atoms with van der Waals surface area (Å²) in [6.45, 7) is 8.49. The van der Waals surface area contributed by atoms with Gasteiger partial charge in [-0.2, -0.15) is 0 Å². The molecule has 0 aromatic carbocycles. The zero-order valence-corrected chi connectivity index (χ0v) is 9.97. The van der Waals surface area contributed by atoms with Crippen molar-refractivity contribution in [2.75, 3.05) is 6.54 Å². The molecular formula is C13H25N. The van der Waals surface area contributed by atoms with Crippen LogP contribution in [0.3, 0.4) is 0 Å². The Bertz CT molecular complexity index is 197. The number of rotatable bonds is 3. The van der Waals surface area contributed by atoms with E-state index in [1.807, 2.05) is 0 Å². The first-order valence-electron chi connectivity index (χ1n) is 6.30. The fourth-order valence-corrected chi connectivity index (χ4v) is 2.87. The van der Waals surface area contributed by atoms with E-state index in [0.717, 1.165) is 17.9 Å². The molecule has 1 nitrogen and oxygen atoms in total. The molecular weight excluding hydrogens is 170 g/mol. The second kappa shape index (κ2) is 3.84. The maximum absolute atomic E-state index is 3.77. The highest BCUT2D eigenvalue weighted by Gasteiger charge is 2.34. The van der Waals surface area contributed by atoms with Crippen LogP contribution in [-0.2, 0) is 0 Å². The summed E-state index contributed by atoms with van der Waals surface area (Å²) in [6.07, 6.45) is 7.09. The van der Waals surface area contributed by atoms with Gasteiger partial charge < -0.3 is 5.32 Å². The summed E-state index contributed by atoms with van der Waals surface area (Å²) in [7, 11) is 0. The minimum absolute atomic E-state index is 0.588. The molecule has 0 aromatic rings. The minimum Gasteiger partial charge on any atom is -0.314 e. The van der Waals surface area contributed by atoms with Crippen LogP contribution in [0.5, 0.6) is 0 Å². The molecule has 0 bridgehead atoms. The molecule has 82 valence electrons. The van der Waals surface area contributed by atoms with Crippen molar-refractivity contribution in [1.29, 1.82) is 0 Å². The summed E-state index contributed by atoms with van der Waals surface area (Å²) in [4.78, 5) is 0. The van der Waals surface area contributed by atoms with Crippen LogP contribution in [0.2, 0.25) is 0 Å². The predicted octanol–water partition coefficient (Wildman–Crippen LogP) is 3.20. The number of hydrogen-bond donors (Lipinski definition) is 1. The molecule has 2 saturated carbocycles. The zero-order valence-electron chi connectivity index (χ0n) is 9.97. The molecule has 0 aliphatic heterocycles. The first kappa shape index (κ1) is 10.5. The van der Waals surface area contributed by atoms with E-state index in [1.54, 1.807) is 0 Å². The Morgan fingerprint density at radius 3 is 2.64 bits per heavy atom. The Morgan fingerprint density at radius 2 is 2.07 bits per heavy atom. The van der Waals surface area contributed by atoms with Crippen molar-refractivity contribution in [3.8, 4) is 0 Å². The summed E-state index contributed by atoms with van der Waals surface area (Å²) in [5, 5.41) is 3.77. The van der Waals surface area contributed by atoms with Crippen molar-refractivity contribution in [3.63, 3.8) is 0 Å². The molecule has 2 aliphatic carbocycles. The standard InChI is InChI=1S/C13H25N/c1-10-7-11(10)9-14-12-5-4-6-13(2,3)8-12/h10-12,14H,4-9H2,1-3H3. The van der Waals surface area contributed by atoms with Crippen LogP contribution in [0, 0.1) is 17.3 Å². The largest absolute Gasteiger partial charge is 0.314 e. The summed E-state index contributed by atoms with van der Waals surface area (Å²) >= 11 is 0. The lowest BCUT2D eigenvalue weighted by Crippen LogP contribution is -2.38. The number of nitrogens with one attached hydrogen (secondary N) is 1. The summed E-state index contributed by atoms with van der Waals surface area (Å²) in [5.74, 6) is 2.00. The van der Waals surface area contributed by atoms with Gasteiger partial charge in [-0.25, -0.2) is 0 Å². The maximum atomic E-state index is 3.77. The van der Waals surface area contributed by atoms with Crippen molar-refractivity contribution in [2.24, 2.45) is 17.3 Å². The van der Waals surface area contributed by atoms with Gasteiger partial charge in [-0.15, -0.1) is 0 Å². The molecule has 0 heterocycles. The van der Waals surface area contributed by atoms with Gasteiger partial charge in [-0.3, -0.25) is 0 Å². The Labute approximate surface area is 88.7 Å². The average Bonchev–Trinajstić information content (AvgIpc) is 2.77. The molecule has 0 spiro atoms. The second-order valence-electron chi connectivity index (χ2n) is 6.34. The maximum Gasteiger partial charge on any atom is 0.00722 e. The van der Waals surface area contributed by atoms with Gasteiger partial charge in [-0.1, -0.05) is 27.2 Å². The quantitative estimate of drug-likeness (QED) is 0.729. The highest BCUT2D eigenvalue weighted by Crippen LogP contribution is 2.38. The Hall–Kier alpha value is -0.0400. The number of hydrogen-bond acceptors (Lipinski definition) is 1. The topological polar surface area (TPSA) is 12.0 Å². The van der Waals surface area contributed by atoms with Gasteiger partial charge in [0.25, 0.3) is 0 Å². The SMILES string of the molecule is CC1CC1CNC1CCCC(C)(C)C1. The molecule has 2 aliphatic rings. The van der Waals surface area contributed by atoms with Crippen molar-refractivity contribution in [3.05, 3.63) is 0 Å². The van der Waals surface area contributed by atoms with Crippen molar-refractivity contribution in [2.45, 2.75) is 58.9 Å². The third-order valence-corrected chi connectivity index (χ3v) is 4.15. The molecule has 1 N–H and O–H groups in total. The highest BCUT2D eigenvalue weighted by molar-refractivity contribution is 4.88.